The Labute approximate surface area is 85.9 Å². The van der Waals surface area contributed by atoms with Crippen molar-refractivity contribution in [2.45, 2.75) is 26.2 Å². The molecule has 4 heteroatoms. The maximum absolute atomic E-state index is 4.50. The maximum atomic E-state index is 4.50. The lowest BCUT2D eigenvalue weighted by Gasteiger charge is -1.97. The summed E-state index contributed by atoms with van der Waals surface area (Å²) in [6.07, 6.45) is 4.78. The zero-order chi connectivity index (χ0) is 10.1. The molecule has 0 saturated carbocycles. The third kappa shape index (κ3) is 1.78. The van der Waals surface area contributed by atoms with Crippen LogP contribution < -0.4 is 0 Å². The summed E-state index contributed by atoms with van der Waals surface area (Å²) < 4.78 is 0. The van der Waals surface area contributed by atoms with Crippen LogP contribution >= 0.6 is 9.24 Å². The van der Waals surface area contributed by atoms with Crippen molar-refractivity contribution < 1.29 is 0 Å². The summed E-state index contributed by atoms with van der Waals surface area (Å²) in [6, 6.07) is 0. The van der Waals surface area contributed by atoms with E-state index in [1.54, 1.807) is 0 Å². The van der Waals surface area contributed by atoms with Gasteiger partial charge in [-0.25, -0.2) is 4.98 Å². The second-order valence-corrected chi connectivity index (χ2v) is 4.32. The van der Waals surface area contributed by atoms with Crippen LogP contribution in [-0.4, -0.2) is 16.2 Å². The molecular formula is C10H14N3P. The monoisotopic (exact) mass is 207 g/mol. The minimum atomic E-state index is 0.440. The van der Waals surface area contributed by atoms with E-state index in [0.717, 1.165) is 29.1 Å². The molecule has 1 atom stereocenters. The third-order valence-electron chi connectivity index (χ3n) is 2.23. The standard InChI is InChI=1S/C10H14N3P/c1-6(2)10-12-7-3-4-9(14)11-5-8(7)13-10/h4-6H,3,14H2,1-2H3,(H,12,13). The van der Waals surface area contributed by atoms with Gasteiger partial charge in [-0.1, -0.05) is 29.2 Å². The molecule has 1 N–H and O–H groups in total. The second kappa shape index (κ2) is 3.66. The lowest BCUT2D eigenvalue weighted by molar-refractivity contribution is 0.790. The summed E-state index contributed by atoms with van der Waals surface area (Å²) in [5, 5.41) is 0. The van der Waals surface area contributed by atoms with Crippen molar-refractivity contribution in [3.05, 3.63) is 28.7 Å². The largest absolute Gasteiger partial charge is 0.345 e. The van der Waals surface area contributed by atoms with Gasteiger partial charge in [-0.3, -0.25) is 4.99 Å². The number of allylic oxidation sites excluding steroid dienone is 1. The van der Waals surface area contributed by atoms with E-state index in [2.05, 4.69) is 44.1 Å². The number of aromatic amines is 1. The van der Waals surface area contributed by atoms with Gasteiger partial charge in [0.25, 0.3) is 0 Å². The van der Waals surface area contributed by atoms with E-state index in [9.17, 15) is 0 Å². The van der Waals surface area contributed by atoms with Gasteiger partial charge in [-0.05, 0) is 0 Å². The summed E-state index contributed by atoms with van der Waals surface area (Å²) in [6.45, 7) is 4.26. The molecule has 0 amide bonds. The molecule has 3 nitrogen and oxygen atoms in total. The number of hydrogen-bond acceptors (Lipinski definition) is 2. The molecule has 0 saturated heterocycles. The van der Waals surface area contributed by atoms with Crippen LogP contribution in [0.1, 0.15) is 37.0 Å². The quantitative estimate of drug-likeness (QED) is 0.705. The summed E-state index contributed by atoms with van der Waals surface area (Å²) in [4.78, 5) is 12.1. The first kappa shape index (κ1) is 9.60. The van der Waals surface area contributed by atoms with E-state index in [1.165, 1.54) is 0 Å². The topological polar surface area (TPSA) is 41.0 Å². The Morgan fingerprint density at radius 1 is 1.50 bits per heavy atom. The number of rotatable bonds is 1. The number of nitrogens with zero attached hydrogens (tertiary/aromatic N) is 2. The Morgan fingerprint density at radius 2 is 2.29 bits per heavy atom. The van der Waals surface area contributed by atoms with Gasteiger partial charge in [0, 0.05) is 18.0 Å². The molecule has 0 radical (unpaired) electrons. The van der Waals surface area contributed by atoms with Crippen LogP contribution in [0.5, 0.6) is 0 Å². The fourth-order valence-corrected chi connectivity index (χ4v) is 1.57. The van der Waals surface area contributed by atoms with Crippen molar-refractivity contribution in [1.82, 2.24) is 9.97 Å². The summed E-state index contributed by atoms with van der Waals surface area (Å²) >= 11 is 0. The predicted molar refractivity (Wildman–Crippen MR) is 61.8 cm³/mol. The van der Waals surface area contributed by atoms with E-state index < -0.39 is 0 Å². The Balaban J connectivity index is 2.38. The Kier molecular flexibility index (Phi) is 2.51. The molecule has 1 aliphatic rings. The number of imidazole rings is 1. The van der Waals surface area contributed by atoms with Crippen LogP contribution in [0.3, 0.4) is 0 Å². The molecule has 0 fully saturated rings. The van der Waals surface area contributed by atoms with Crippen molar-refractivity contribution in [2.75, 3.05) is 0 Å². The van der Waals surface area contributed by atoms with Gasteiger partial charge < -0.3 is 4.98 Å². The number of H-pyrrole nitrogens is 1. The van der Waals surface area contributed by atoms with E-state index >= 15 is 0 Å². The van der Waals surface area contributed by atoms with Gasteiger partial charge >= 0.3 is 0 Å². The van der Waals surface area contributed by atoms with Crippen LogP contribution in [-0.2, 0) is 6.42 Å². The highest BCUT2D eigenvalue weighted by Crippen LogP contribution is 2.18. The molecule has 1 aromatic heterocycles. The molecule has 0 aliphatic carbocycles. The van der Waals surface area contributed by atoms with E-state index in [1.807, 2.05) is 6.21 Å². The van der Waals surface area contributed by atoms with Gasteiger partial charge in [0.2, 0.25) is 0 Å². The molecule has 0 spiro atoms. The van der Waals surface area contributed by atoms with Gasteiger partial charge in [0.05, 0.1) is 11.7 Å². The molecule has 0 bridgehead atoms. The van der Waals surface area contributed by atoms with Crippen molar-refractivity contribution in [3.63, 3.8) is 0 Å². The van der Waals surface area contributed by atoms with Crippen molar-refractivity contribution in [2.24, 2.45) is 4.99 Å². The SMILES string of the molecule is CC(C)c1nc2c([nH]1)CC=C(P)N=C2. The maximum Gasteiger partial charge on any atom is 0.109 e. The Bertz CT molecular complexity index is 401. The predicted octanol–water partition coefficient (Wildman–Crippen LogP) is 2.22. The van der Waals surface area contributed by atoms with Gasteiger partial charge in [-0.15, -0.1) is 0 Å². The van der Waals surface area contributed by atoms with E-state index in [-0.39, 0.29) is 0 Å². The number of fused-ring (bicyclic) bond motifs is 1. The first-order chi connectivity index (χ1) is 6.66. The molecule has 2 heterocycles. The molecule has 2 rings (SSSR count). The van der Waals surface area contributed by atoms with Crippen LogP contribution in [0, 0.1) is 0 Å². The summed E-state index contributed by atoms with van der Waals surface area (Å²) in [7, 11) is 2.60. The first-order valence-corrected chi connectivity index (χ1v) is 5.33. The van der Waals surface area contributed by atoms with E-state index in [4.69, 9.17) is 0 Å². The van der Waals surface area contributed by atoms with Crippen molar-refractivity contribution in [3.8, 4) is 0 Å². The highest BCUT2D eigenvalue weighted by molar-refractivity contribution is 7.22. The minimum absolute atomic E-state index is 0.440. The summed E-state index contributed by atoms with van der Waals surface area (Å²) in [5.41, 5.74) is 3.11. The molecule has 1 aromatic rings. The third-order valence-corrected chi connectivity index (χ3v) is 2.61. The summed E-state index contributed by atoms with van der Waals surface area (Å²) in [5.74, 6) is 1.48. The van der Waals surface area contributed by atoms with Gasteiger partial charge in [0.15, 0.2) is 0 Å². The Hall–Kier alpha value is -0.950. The number of aliphatic imine (C=N–C) groups is 1. The minimum Gasteiger partial charge on any atom is -0.345 e. The molecule has 1 aliphatic heterocycles. The molecule has 14 heavy (non-hydrogen) atoms. The highest BCUT2D eigenvalue weighted by Gasteiger charge is 2.11. The zero-order valence-corrected chi connectivity index (χ0v) is 9.57. The normalized spacial score (nSPS) is 15.3. The van der Waals surface area contributed by atoms with Gasteiger partial charge in [-0.2, -0.15) is 0 Å². The fourth-order valence-electron chi connectivity index (χ4n) is 1.37. The molecule has 0 aromatic carbocycles. The second-order valence-electron chi connectivity index (χ2n) is 3.73. The number of hydrogen-bond donors (Lipinski definition) is 1. The average Bonchev–Trinajstić information content (AvgIpc) is 2.48. The van der Waals surface area contributed by atoms with Crippen molar-refractivity contribution >= 4 is 15.5 Å². The lowest BCUT2D eigenvalue weighted by Crippen LogP contribution is -1.90. The zero-order valence-electron chi connectivity index (χ0n) is 8.41. The number of aromatic nitrogens is 2. The van der Waals surface area contributed by atoms with Crippen LogP contribution in [0.25, 0.3) is 0 Å². The Morgan fingerprint density at radius 3 is 3.00 bits per heavy atom. The smallest absolute Gasteiger partial charge is 0.109 e. The van der Waals surface area contributed by atoms with Crippen LogP contribution in [0.4, 0.5) is 0 Å². The fraction of sp³-hybridized carbons (Fsp3) is 0.400. The average molecular weight is 207 g/mol. The van der Waals surface area contributed by atoms with Crippen molar-refractivity contribution in [1.29, 1.82) is 0 Å². The van der Waals surface area contributed by atoms with Crippen LogP contribution in [0.15, 0.2) is 16.5 Å². The van der Waals surface area contributed by atoms with Gasteiger partial charge in [0.1, 0.15) is 11.5 Å². The highest BCUT2D eigenvalue weighted by atomic mass is 31.0. The molecular weight excluding hydrogens is 193 g/mol. The van der Waals surface area contributed by atoms with E-state index in [0.29, 0.717) is 5.92 Å². The van der Waals surface area contributed by atoms with Crippen LogP contribution in [0.2, 0.25) is 0 Å². The number of nitrogens with one attached hydrogen (secondary N) is 1. The first-order valence-electron chi connectivity index (χ1n) is 4.75. The lowest BCUT2D eigenvalue weighted by atomic mass is 10.2. The molecule has 1 unspecified atom stereocenters. The molecule has 74 valence electrons.